The van der Waals surface area contributed by atoms with Gasteiger partial charge in [-0.25, -0.2) is 4.98 Å². The van der Waals surface area contributed by atoms with Gasteiger partial charge in [0.2, 0.25) is 0 Å². The Bertz CT molecular complexity index is 581. The molecule has 0 aliphatic heterocycles. The lowest BCUT2D eigenvalue weighted by Gasteiger charge is -2.36. The highest BCUT2D eigenvalue weighted by molar-refractivity contribution is 5.93. The fourth-order valence-electron chi connectivity index (χ4n) is 1.95. The van der Waals surface area contributed by atoms with E-state index in [0.29, 0.717) is 6.54 Å². The van der Waals surface area contributed by atoms with Crippen LogP contribution >= 0.6 is 0 Å². The van der Waals surface area contributed by atoms with E-state index in [2.05, 4.69) is 23.7 Å². The van der Waals surface area contributed by atoms with Crippen molar-refractivity contribution in [2.24, 2.45) is 5.73 Å². The summed E-state index contributed by atoms with van der Waals surface area (Å²) in [6, 6.07) is 8.02. The van der Waals surface area contributed by atoms with Gasteiger partial charge in [-0.15, -0.1) is 0 Å². The minimum atomic E-state index is -0.148. The monoisotopic (exact) mass is 259 g/mol. The first-order valence-corrected chi connectivity index (χ1v) is 6.36. The molecule has 4 nitrogen and oxygen atoms in total. The van der Waals surface area contributed by atoms with Gasteiger partial charge in [0.25, 0.3) is 0 Å². The summed E-state index contributed by atoms with van der Waals surface area (Å²) in [7, 11) is 3.69. The van der Waals surface area contributed by atoms with Gasteiger partial charge in [0.1, 0.15) is 11.6 Å². The maximum atomic E-state index is 5.85. The fraction of sp³-hybridized carbons (Fsp3) is 0.400. The molecule has 0 fully saturated rings. The second kappa shape index (κ2) is 5.05. The number of methoxy groups -OCH3 is 1. The zero-order valence-corrected chi connectivity index (χ0v) is 12.0. The molecule has 4 heteroatoms. The predicted molar refractivity (Wildman–Crippen MR) is 79.8 cm³/mol. The zero-order chi connectivity index (χ0) is 14.0. The third-order valence-electron chi connectivity index (χ3n) is 3.68. The lowest BCUT2D eigenvalue weighted by atomic mass is 10.0. The molecule has 2 aromatic rings. The number of likely N-dealkylation sites (N-methyl/N-ethyl adjacent to an activating group) is 1. The molecule has 0 aliphatic rings. The number of pyridine rings is 1. The first-order valence-electron chi connectivity index (χ1n) is 6.36. The van der Waals surface area contributed by atoms with Crippen LogP contribution in [0.5, 0.6) is 5.75 Å². The number of ether oxygens (including phenoxy) is 1. The van der Waals surface area contributed by atoms with Crippen molar-refractivity contribution in [2.45, 2.75) is 19.4 Å². The molecule has 0 saturated heterocycles. The van der Waals surface area contributed by atoms with Crippen molar-refractivity contribution in [3.63, 3.8) is 0 Å². The Morgan fingerprint density at radius 3 is 2.68 bits per heavy atom. The summed E-state index contributed by atoms with van der Waals surface area (Å²) in [5.74, 6) is 1.76. The predicted octanol–water partition coefficient (Wildman–Crippen LogP) is 2.42. The highest BCUT2D eigenvalue weighted by Crippen LogP contribution is 2.30. The smallest absolute Gasteiger partial charge is 0.136 e. The van der Waals surface area contributed by atoms with Gasteiger partial charge >= 0.3 is 0 Å². The summed E-state index contributed by atoms with van der Waals surface area (Å²) >= 11 is 0. The standard InChI is InChI=1S/C15H21N3O/c1-15(2,10-16)18(3)14-13-9-12(19-4)6-5-11(13)7-8-17-14/h5-9H,10,16H2,1-4H3. The van der Waals surface area contributed by atoms with Gasteiger partial charge in [0, 0.05) is 30.7 Å². The molecule has 0 amide bonds. The Labute approximate surface area is 114 Å². The number of aromatic nitrogens is 1. The number of benzene rings is 1. The second-order valence-electron chi connectivity index (χ2n) is 5.30. The molecule has 0 aliphatic carbocycles. The first kappa shape index (κ1) is 13.6. The van der Waals surface area contributed by atoms with E-state index in [-0.39, 0.29) is 5.54 Å². The Kier molecular flexibility index (Phi) is 3.62. The molecule has 0 spiro atoms. The molecular weight excluding hydrogens is 238 g/mol. The number of anilines is 1. The van der Waals surface area contributed by atoms with Crippen molar-refractivity contribution in [1.29, 1.82) is 0 Å². The van der Waals surface area contributed by atoms with E-state index in [1.54, 1.807) is 7.11 Å². The number of nitrogens with zero attached hydrogens (tertiary/aromatic N) is 2. The third kappa shape index (κ3) is 2.49. The number of fused-ring (bicyclic) bond motifs is 1. The van der Waals surface area contributed by atoms with Crippen LogP contribution in [-0.2, 0) is 0 Å². The first-order chi connectivity index (χ1) is 8.99. The lowest BCUT2D eigenvalue weighted by Crippen LogP contribution is -2.47. The van der Waals surface area contributed by atoms with Crippen molar-refractivity contribution in [2.75, 3.05) is 25.6 Å². The summed E-state index contributed by atoms with van der Waals surface area (Å²) < 4.78 is 5.30. The summed E-state index contributed by atoms with van der Waals surface area (Å²) in [6.07, 6.45) is 1.83. The highest BCUT2D eigenvalue weighted by atomic mass is 16.5. The van der Waals surface area contributed by atoms with Crippen LogP contribution in [0, 0.1) is 0 Å². The summed E-state index contributed by atoms with van der Waals surface area (Å²) in [6.45, 7) is 4.77. The molecule has 0 radical (unpaired) electrons. The van der Waals surface area contributed by atoms with Crippen LogP contribution in [0.2, 0.25) is 0 Å². The van der Waals surface area contributed by atoms with E-state index in [9.17, 15) is 0 Å². The van der Waals surface area contributed by atoms with Gasteiger partial charge < -0.3 is 15.4 Å². The van der Waals surface area contributed by atoms with Crippen molar-refractivity contribution in [3.05, 3.63) is 30.5 Å². The van der Waals surface area contributed by atoms with E-state index >= 15 is 0 Å². The minimum absolute atomic E-state index is 0.148. The van der Waals surface area contributed by atoms with Gasteiger partial charge in [0.15, 0.2) is 0 Å². The Morgan fingerprint density at radius 2 is 2.05 bits per heavy atom. The van der Waals surface area contributed by atoms with E-state index in [1.807, 2.05) is 37.5 Å². The van der Waals surface area contributed by atoms with Crippen molar-refractivity contribution in [3.8, 4) is 5.75 Å². The van der Waals surface area contributed by atoms with Gasteiger partial charge in [-0.3, -0.25) is 0 Å². The molecule has 1 aromatic carbocycles. The highest BCUT2D eigenvalue weighted by Gasteiger charge is 2.24. The van der Waals surface area contributed by atoms with Gasteiger partial charge in [-0.05, 0) is 37.4 Å². The maximum Gasteiger partial charge on any atom is 0.136 e. The molecule has 1 aromatic heterocycles. The molecule has 1 heterocycles. The molecule has 0 atom stereocenters. The SMILES string of the molecule is COc1ccc2ccnc(N(C)C(C)(C)CN)c2c1. The third-order valence-corrected chi connectivity index (χ3v) is 3.68. The van der Waals surface area contributed by atoms with Gasteiger partial charge in [0.05, 0.1) is 7.11 Å². The zero-order valence-electron chi connectivity index (χ0n) is 12.0. The van der Waals surface area contributed by atoms with Crippen LogP contribution in [-0.4, -0.2) is 31.2 Å². The Hall–Kier alpha value is -1.81. The van der Waals surface area contributed by atoms with Crippen LogP contribution in [0.25, 0.3) is 10.8 Å². The average molecular weight is 259 g/mol. The number of hydrogen-bond donors (Lipinski definition) is 1. The molecule has 0 bridgehead atoms. The molecule has 102 valence electrons. The molecule has 2 N–H and O–H groups in total. The second-order valence-corrected chi connectivity index (χ2v) is 5.30. The van der Waals surface area contributed by atoms with Gasteiger partial charge in [-0.1, -0.05) is 6.07 Å². The van der Waals surface area contributed by atoms with Crippen LogP contribution < -0.4 is 15.4 Å². The quantitative estimate of drug-likeness (QED) is 0.916. The summed E-state index contributed by atoms with van der Waals surface area (Å²) in [5, 5.41) is 2.22. The van der Waals surface area contributed by atoms with Crippen molar-refractivity contribution >= 4 is 16.6 Å². The van der Waals surface area contributed by atoms with E-state index < -0.39 is 0 Å². The summed E-state index contributed by atoms with van der Waals surface area (Å²) in [5.41, 5.74) is 5.70. The largest absolute Gasteiger partial charge is 0.497 e. The Morgan fingerprint density at radius 1 is 1.32 bits per heavy atom. The minimum Gasteiger partial charge on any atom is -0.497 e. The van der Waals surface area contributed by atoms with E-state index in [4.69, 9.17) is 10.5 Å². The van der Waals surface area contributed by atoms with Gasteiger partial charge in [-0.2, -0.15) is 0 Å². The van der Waals surface area contributed by atoms with Crippen LogP contribution in [0.15, 0.2) is 30.5 Å². The molecule has 2 rings (SSSR count). The fourth-order valence-corrected chi connectivity index (χ4v) is 1.95. The summed E-state index contributed by atoms with van der Waals surface area (Å²) in [4.78, 5) is 6.63. The van der Waals surface area contributed by atoms with E-state index in [0.717, 1.165) is 22.3 Å². The maximum absolute atomic E-state index is 5.85. The number of nitrogens with two attached hydrogens (primary N) is 1. The average Bonchev–Trinajstić information content (AvgIpc) is 2.45. The number of rotatable bonds is 4. The van der Waals surface area contributed by atoms with Crippen molar-refractivity contribution < 1.29 is 4.74 Å². The number of hydrogen-bond acceptors (Lipinski definition) is 4. The van der Waals surface area contributed by atoms with Crippen molar-refractivity contribution in [1.82, 2.24) is 4.98 Å². The normalized spacial score (nSPS) is 11.6. The van der Waals surface area contributed by atoms with E-state index in [1.165, 1.54) is 0 Å². The van der Waals surface area contributed by atoms with Crippen LogP contribution in [0.1, 0.15) is 13.8 Å². The lowest BCUT2D eigenvalue weighted by molar-refractivity contribution is 0.415. The van der Waals surface area contributed by atoms with Crippen LogP contribution in [0.4, 0.5) is 5.82 Å². The topological polar surface area (TPSA) is 51.4 Å². The molecule has 19 heavy (non-hydrogen) atoms. The molecule has 0 saturated carbocycles. The molecule has 0 unspecified atom stereocenters. The van der Waals surface area contributed by atoms with Crippen LogP contribution in [0.3, 0.4) is 0 Å². The molecular formula is C15H21N3O. The Balaban J connectivity index is 2.59.